The lowest BCUT2D eigenvalue weighted by molar-refractivity contribution is -0.899. The Labute approximate surface area is 57.7 Å². The quantitative estimate of drug-likeness (QED) is 0.462. The summed E-state index contributed by atoms with van der Waals surface area (Å²) in [6.07, 6.45) is 0. The molecule has 0 aromatic heterocycles. The number of hydrogen-bond acceptors (Lipinski definition) is 1. The van der Waals surface area contributed by atoms with Crippen LogP contribution >= 0.6 is 0 Å². The van der Waals surface area contributed by atoms with Crippen molar-refractivity contribution in [2.45, 2.75) is 6.92 Å². The maximum Gasteiger partial charge on any atom is 0.134 e. The van der Waals surface area contributed by atoms with Gasteiger partial charge in [0.15, 0.2) is 0 Å². The Morgan fingerprint density at radius 2 is 2.22 bits per heavy atom. The second-order valence-corrected chi connectivity index (χ2v) is 3.38. The lowest BCUT2D eigenvalue weighted by Gasteiger charge is -2.26. The molecule has 0 bridgehead atoms. The van der Waals surface area contributed by atoms with Gasteiger partial charge in [-0.2, -0.15) is 0 Å². The van der Waals surface area contributed by atoms with Gasteiger partial charge in [0, 0.05) is 0 Å². The van der Waals surface area contributed by atoms with E-state index in [4.69, 9.17) is 0 Å². The van der Waals surface area contributed by atoms with Crippen LogP contribution in [0.4, 0.5) is 0 Å². The van der Waals surface area contributed by atoms with Crippen LogP contribution in [-0.4, -0.2) is 49.8 Å². The molecule has 2 heteroatoms. The van der Waals surface area contributed by atoms with Gasteiger partial charge in [-0.15, -0.1) is 0 Å². The van der Waals surface area contributed by atoms with Crippen LogP contribution in [0.2, 0.25) is 0 Å². The molecule has 1 aliphatic heterocycles. The Morgan fingerprint density at radius 1 is 1.56 bits per heavy atom. The average molecular weight is 129 g/mol. The standard InChI is InChI=1S/C7H17N2/c1-4-9(3)6-5-8(2)7-9/h4-7H2,1-3H3/q+1. The summed E-state index contributed by atoms with van der Waals surface area (Å²) in [5.74, 6) is 0. The normalized spacial score (nSPS) is 37.7. The molecule has 54 valence electrons. The van der Waals surface area contributed by atoms with Gasteiger partial charge in [-0.1, -0.05) is 0 Å². The fraction of sp³-hybridized carbons (Fsp3) is 1.00. The lowest BCUT2D eigenvalue weighted by Crippen LogP contribution is -2.42. The lowest BCUT2D eigenvalue weighted by atomic mass is 10.5. The first-order valence-corrected chi connectivity index (χ1v) is 3.68. The number of nitrogens with zero attached hydrogens (tertiary/aromatic N) is 2. The van der Waals surface area contributed by atoms with Crippen molar-refractivity contribution in [3.05, 3.63) is 0 Å². The topological polar surface area (TPSA) is 3.24 Å². The minimum atomic E-state index is 1.23. The minimum Gasteiger partial charge on any atom is -0.313 e. The number of likely N-dealkylation sites (N-methyl/N-ethyl adjacent to an activating group) is 2. The average Bonchev–Trinajstić information content (AvgIpc) is 2.13. The highest BCUT2D eigenvalue weighted by molar-refractivity contribution is 4.52. The second-order valence-electron chi connectivity index (χ2n) is 3.38. The van der Waals surface area contributed by atoms with E-state index in [1.807, 2.05) is 0 Å². The molecule has 1 unspecified atom stereocenters. The Morgan fingerprint density at radius 3 is 2.44 bits per heavy atom. The molecule has 0 spiro atoms. The van der Waals surface area contributed by atoms with Gasteiger partial charge in [0.1, 0.15) is 6.67 Å². The van der Waals surface area contributed by atoms with Gasteiger partial charge in [-0.25, -0.2) is 0 Å². The summed E-state index contributed by atoms with van der Waals surface area (Å²) < 4.78 is 1.23. The third-order valence-corrected chi connectivity index (χ3v) is 2.37. The van der Waals surface area contributed by atoms with Crippen molar-refractivity contribution in [1.29, 1.82) is 0 Å². The third-order valence-electron chi connectivity index (χ3n) is 2.37. The van der Waals surface area contributed by atoms with Crippen LogP contribution in [0, 0.1) is 0 Å². The molecule has 0 aromatic rings. The summed E-state index contributed by atoms with van der Waals surface area (Å²) >= 11 is 0. The van der Waals surface area contributed by atoms with Crippen LogP contribution in [0.5, 0.6) is 0 Å². The molecule has 0 radical (unpaired) electrons. The molecule has 0 aromatic carbocycles. The maximum absolute atomic E-state index is 2.39. The first-order valence-electron chi connectivity index (χ1n) is 3.68. The predicted octanol–water partition coefficient (Wildman–Crippen LogP) is 0.356. The van der Waals surface area contributed by atoms with E-state index in [9.17, 15) is 0 Å². The Kier molecular flexibility index (Phi) is 1.78. The highest BCUT2D eigenvalue weighted by atomic mass is 15.5. The molecular weight excluding hydrogens is 112 g/mol. The predicted molar refractivity (Wildman–Crippen MR) is 39.1 cm³/mol. The van der Waals surface area contributed by atoms with Gasteiger partial charge in [-0.3, -0.25) is 4.90 Å². The van der Waals surface area contributed by atoms with Crippen LogP contribution in [0.1, 0.15) is 6.92 Å². The number of quaternary nitrogens is 1. The molecular formula is C7H17N2+. The number of rotatable bonds is 1. The van der Waals surface area contributed by atoms with E-state index < -0.39 is 0 Å². The molecule has 1 fully saturated rings. The van der Waals surface area contributed by atoms with E-state index >= 15 is 0 Å². The molecule has 1 rings (SSSR count). The van der Waals surface area contributed by atoms with Gasteiger partial charge >= 0.3 is 0 Å². The van der Waals surface area contributed by atoms with Crippen molar-refractivity contribution in [3.8, 4) is 0 Å². The zero-order valence-electron chi connectivity index (χ0n) is 6.72. The molecule has 0 amide bonds. The van der Waals surface area contributed by atoms with E-state index in [0.717, 1.165) is 0 Å². The van der Waals surface area contributed by atoms with Gasteiger partial charge in [0.2, 0.25) is 0 Å². The molecule has 9 heavy (non-hydrogen) atoms. The zero-order chi connectivity index (χ0) is 6.91. The smallest absolute Gasteiger partial charge is 0.134 e. The summed E-state index contributed by atoms with van der Waals surface area (Å²) in [4.78, 5) is 2.39. The summed E-state index contributed by atoms with van der Waals surface area (Å²) in [5, 5.41) is 0. The van der Waals surface area contributed by atoms with Gasteiger partial charge < -0.3 is 4.48 Å². The Balaban J connectivity index is 2.45. The van der Waals surface area contributed by atoms with Gasteiger partial charge in [-0.05, 0) is 14.0 Å². The van der Waals surface area contributed by atoms with Crippen LogP contribution in [0.15, 0.2) is 0 Å². The fourth-order valence-corrected chi connectivity index (χ4v) is 1.39. The van der Waals surface area contributed by atoms with E-state index in [-0.39, 0.29) is 0 Å². The van der Waals surface area contributed by atoms with Crippen molar-refractivity contribution >= 4 is 0 Å². The summed E-state index contributed by atoms with van der Waals surface area (Å²) in [6.45, 7) is 7.36. The van der Waals surface area contributed by atoms with Crippen LogP contribution in [0.3, 0.4) is 0 Å². The minimum absolute atomic E-state index is 1.23. The largest absolute Gasteiger partial charge is 0.313 e. The van der Waals surface area contributed by atoms with Crippen molar-refractivity contribution in [2.75, 3.05) is 40.4 Å². The number of hydrogen-bond donors (Lipinski definition) is 0. The van der Waals surface area contributed by atoms with E-state index in [0.29, 0.717) is 0 Å². The zero-order valence-corrected chi connectivity index (χ0v) is 6.72. The van der Waals surface area contributed by atoms with E-state index in [2.05, 4.69) is 25.9 Å². The van der Waals surface area contributed by atoms with Gasteiger partial charge in [0.25, 0.3) is 0 Å². The van der Waals surface area contributed by atoms with Crippen molar-refractivity contribution in [1.82, 2.24) is 4.90 Å². The summed E-state index contributed by atoms with van der Waals surface area (Å²) in [6, 6.07) is 0. The fourth-order valence-electron chi connectivity index (χ4n) is 1.39. The molecule has 0 aliphatic carbocycles. The maximum atomic E-state index is 2.39. The highest BCUT2D eigenvalue weighted by Gasteiger charge is 2.27. The van der Waals surface area contributed by atoms with E-state index in [1.54, 1.807) is 0 Å². The van der Waals surface area contributed by atoms with Crippen molar-refractivity contribution in [3.63, 3.8) is 0 Å². The highest BCUT2D eigenvalue weighted by Crippen LogP contribution is 2.09. The van der Waals surface area contributed by atoms with Crippen molar-refractivity contribution < 1.29 is 4.48 Å². The molecule has 0 saturated carbocycles. The summed E-state index contributed by atoms with van der Waals surface area (Å²) in [5.41, 5.74) is 0. The monoisotopic (exact) mass is 129 g/mol. The molecule has 1 atom stereocenters. The van der Waals surface area contributed by atoms with Crippen LogP contribution in [0.25, 0.3) is 0 Å². The molecule has 1 saturated heterocycles. The van der Waals surface area contributed by atoms with Gasteiger partial charge in [0.05, 0.1) is 26.7 Å². The first kappa shape index (κ1) is 7.03. The SMILES string of the molecule is CC[N+]1(C)CCN(C)C1. The Bertz CT molecular complexity index is 103. The molecule has 1 heterocycles. The molecule has 1 aliphatic rings. The molecule has 0 N–H and O–H groups in total. The van der Waals surface area contributed by atoms with Crippen LogP contribution in [-0.2, 0) is 0 Å². The first-order chi connectivity index (χ1) is 4.16. The molecule has 2 nitrogen and oxygen atoms in total. The third kappa shape index (κ3) is 1.43. The summed E-state index contributed by atoms with van der Waals surface area (Å²) in [7, 11) is 4.52. The van der Waals surface area contributed by atoms with E-state index in [1.165, 1.54) is 30.8 Å². The Hall–Kier alpha value is -0.0800. The van der Waals surface area contributed by atoms with Crippen molar-refractivity contribution in [2.24, 2.45) is 0 Å². The second kappa shape index (κ2) is 2.27. The van der Waals surface area contributed by atoms with Crippen LogP contribution < -0.4 is 0 Å².